The summed E-state index contributed by atoms with van der Waals surface area (Å²) in [6.45, 7) is 6.26. The highest BCUT2D eigenvalue weighted by molar-refractivity contribution is 5.97. The van der Waals surface area contributed by atoms with Crippen LogP contribution in [0, 0.1) is 5.92 Å². The number of carbonyl (C=O) groups excluding carboxylic acids is 2. The molecule has 2 fully saturated rings. The lowest BCUT2D eigenvalue weighted by molar-refractivity contribution is -0.122. The predicted octanol–water partition coefficient (Wildman–Crippen LogP) is 3.19. The minimum absolute atomic E-state index is 0.00188. The van der Waals surface area contributed by atoms with Crippen molar-refractivity contribution in [3.8, 4) is 11.5 Å². The third kappa shape index (κ3) is 5.89. The van der Waals surface area contributed by atoms with E-state index in [1.54, 1.807) is 6.07 Å². The van der Waals surface area contributed by atoms with Crippen LogP contribution >= 0.6 is 0 Å². The van der Waals surface area contributed by atoms with Crippen molar-refractivity contribution in [3.63, 3.8) is 0 Å². The number of amides is 2. The second kappa shape index (κ2) is 11.0. The standard InChI is InChI=1S/C27H32N4O4/c32-25(28-10-13-30-14-16-34-17-15-30)18-20-8-11-31(12-9-20)27(33)22-6-7-23-24(19-22)35-26(29-23)21-4-2-1-3-5-21/h1-7,19-20H,8-18H2,(H,28,32). The molecule has 35 heavy (non-hydrogen) atoms. The van der Waals surface area contributed by atoms with Crippen LogP contribution < -0.4 is 5.32 Å². The van der Waals surface area contributed by atoms with Gasteiger partial charge >= 0.3 is 0 Å². The van der Waals surface area contributed by atoms with Gasteiger partial charge < -0.3 is 19.4 Å². The molecule has 184 valence electrons. The van der Waals surface area contributed by atoms with Gasteiger partial charge in [0.05, 0.1) is 13.2 Å². The maximum absolute atomic E-state index is 13.1. The number of benzene rings is 2. The first-order valence-electron chi connectivity index (χ1n) is 12.5. The monoisotopic (exact) mass is 476 g/mol. The van der Waals surface area contributed by atoms with Crippen molar-refractivity contribution in [3.05, 3.63) is 54.1 Å². The number of nitrogens with zero attached hydrogens (tertiary/aromatic N) is 3. The van der Waals surface area contributed by atoms with E-state index in [-0.39, 0.29) is 11.8 Å². The van der Waals surface area contributed by atoms with E-state index in [9.17, 15) is 9.59 Å². The maximum atomic E-state index is 13.1. The lowest BCUT2D eigenvalue weighted by Gasteiger charge is -2.32. The first-order valence-corrected chi connectivity index (χ1v) is 12.5. The Morgan fingerprint density at radius 2 is 1.77 bits per heavy atom. The lowest BCUT2D eigenvalue weighted by atomic mass is 9.93. The van der Waals surface area contributed by atoms with E-state index in [0.29, 0.717) is 49.0 Å². The first kappa shape index (κ1) is 23.5. The first-order chi connectivity index (χ1) is 17.2. The van der Waals surface area contributed by atoms with E-state index < -0.39 is 0 Å². The van der Waals surface area contributed by atoms with E-state index in [0.717, 1.165) is 56.8 Å². The number of aromatic nitrogens is 1. The molecule has 0 unspecified atom stereocenters. The van der Waals surface area contributed by atoms with Gasteiger partial charge in [0.2, 0.25) is 11.8 Å². The van der Waals surface area contributed by atoms with Gasteiger partial charge in [-0.1, -0.05) is 18.2 Å². The number of nitrogens with one attached hydrogen (secondary N) is 1. The Morgan fingerprint density at radius 1 is 1.00 bits per heavy atom. The molecule has 0 bridgehead atoms. The SMILES string of the molecule is O=C(CC1CCN(C(=O)c2ccc3nc(-c4ccccc4)oc3c2)CC1)NCCN1CCOCC1. The molecule has 0 radical (unpaired) electrons. The number of likely N-dealkylation sites (tertiary alicyclic amines) is 1. The highest BCUT2D eigenvalue weighted by Gasteiger charge is 2.25. The molecule has 0 aliphatic carbocycles. The van der Waals surface area contributed by atoms with E-state index >= 15 is 0 Å². The number of piperidine rings is 1. The zero-order valence-corrected chi connectivity index (χ0v) is 19.9. The van der Waals surface area contributed by atoms with Crippen molar-refractivity contribution in [2.45, 2.75) is 19.3 Å². The minimum Gasteiger partial charge on any atom is -0.436 e. The number of rotatable bonds is 7. The second-order valence-corrected chi connectivity index (χ2v) is 9.31. The quantitative estimate of drug-likeness (QED) is 0.564. The Hall–Kier alpha value is -3.23. The van der Waals surface area contributed by atoms with Crippen molar-refractivity contribution >= 4 is 22.9 Å². The van der Waals surface area contributed by atoms with Crippen LogP contribution in [0.3, 0.4) is 0 Å². The van der Waals surface area contributed by atoms with Gasteiger partial charge in [-0.15, -0.1) is 0 Å². The fourth-order valence-electron chi connectivity index (χ4n) is 4.80. The summed E-state index contributed by atoms with van der Waals surface area (Å²) < 4.78 is 11.3. The minimum atomic E-state index is -0.00188. The highest BCUT2D eigenvalue weighted by Crippen LogP contribution is 2.26. The summed E-state index contributed by atoms with van der Waals surface area (Å²) in [5.41, 5.74) is 2.86. The number of oxazole rings is 1. The van der Waals surface area contributed by atoms with Gasteiger partial charge in [0.15, 0.2) is 5.58 Å². The number of hydrogen-bond donors (Lipinski definition) is 1. The molecule has 3 aromatic rings. The number of ether oxygens (including phenoxy) is 1. The Bertz CT molecular complexity index is 1150. The van der Waals surface area contributed by atoms with Crippen LogP contribution in [0.15, 0.2) is 52.9 Å². The summed E-state index contributed by atoms with van der Waals surface area (Å²) in [6.07, 6.45) is 2.20. The summed E-state index contributed by atoms with van der Waals surface area (Å²) in [5.74, 6) is 0.966. The lowest BCUT2D eigenvalue weighted by Crippen LogP contribution is -2.42. The molecule has 3 heterocycles. The van der Waals surface area contributed by atoms with Gasteiger partial charge in [0, 0.05) is 56.8 Å². The molecule has 1 N–H and O–H groups in total. The molecular weight excluding hydrogens is 444 g/mol. The molecule has 5 rings (SSSR count). The molecule has 1 aromatic heterocycles. The van der Waals surface area contributed by atoms with Crippen LogP contribution in [-0.2, 0) is 9.53 Å². The van der Waals surface area contributed by atoms with E-state index in [2.05, 4.69) is 15.2 Å². The Labute approximate surface area is 205 Å². The van der Waals surface area contributed by atoms with Crippen LogP contribution in [0.2, 0.25) is 0 Å². The molecular formula is C27H32N4O4. The van der Waals surface area contributed by atoms with Crippen molar-refractivity contribution in [2.24, 2.45) is 5.92 Å². The van der Waals surface area contributed by atoms with Crippen LogP contribution in [0.5, 0.6) is 0 Å². The van der Waals surface area contributed by atoms with Crippen molar-refractivity contribution < 1.29 is 18.7 Å². The smallest absolute Gasteiger partial charge is 0.253 e. The molecule has 8 nitrogen and oxygen atoms in total. The molecule has 0 saturated carbocycles. The molecule has 2 aromatic carbocycles. The highest BCUT2D eigenvalue weighted by atomic mass is 16.5. The van der Waals surface area contributed by atoms with Crippen LogP contribution in [-0.4, -0.2) is 79.1 Å². The predicted molar refractivity (Wildman–Crippen MR) is 133 cm³/mol. The normalized spacial score (nSPS) is 17.5. The van der Waals surface area contributed by atoms with Crippen LogP contribution in [0.25, 0.3) is 22.6 Å². The largest absolute Gasteiger partial charge is 0.436 e. The fraction of sp³-hybridized carbons (Fsp3) is 0.444. The molecule has 2 aliphatic rings. The Morgan fingerprint density at radius 3 is 2.54 bits per heavy atom. The van der Waals surface area contributed by atoms with E-state index in [1.807, 2.05) is 47.4 Å². The van der Waals surface area contributed by atoms with Crippen molar-refractivity contribution in [1.82, 2.24) is 20.1 Å². The summed E-state index contributed by atoms with van der Waals surface area (Å²) >= 11 is 0. The summed E-state index contributed by atoms with van der Waals surface area (Å²) in [6, 6.07) is 15.2. The van der Waals surface area contributed by atoms with Gasteiger partial charge in [-0.25, -0.2) is 4.98 Å². The topological polar surface area (TPSA) is 87.9 Å². The van der Waals surface area contributed by atoms with Gasteiger partial charge in [-0.3, -0.25) is 14.5 Å². The zero-order chi connectivity index (χ0) is 24.0. The zero-order valence-electron chi connectivity index (χ0n) is 19.9. The van der Waals surface area contributed by atoms with Gasteiger partial charge in [0.1, 0.15) is 5.52 Å². The van der Waals surface area contributed by atoms with E-state index in [1.165, 1.54) is 0 Å². The summed E-state index contributed by atoms with van der Waals surface area (Å²) in [4.78, 5) is 34.2. The van der Waals surface area contributed by atoms with Gasteiger partial charge in [-0.05, 0) is 49.1 Å². The van der Waals surface area contributed by atoms with Crippen LogP contribution in [0.4, 0.5) is 0 Å². The summed E-state index contributed by atoms with van der Waals surface area (Å²) in [7, 11) is 0. The van der Waals surface area contributed by atoms with Crippen molar-refractivity contribution in [2.75, 3.05) is 52.5 Å². The van der Waals surface area contributed by atoms with Gasteiger partial charge in [-0.2, -0.15) is 0 Å². The molecule has 2 saturated heterocycles. The second-order valence-electron chi connectivity index (χ2n) is 9.31. The summed E-state index contributed by atoms with van der Waals surface area (Å²) in [5, 5.41) is 3.05. The van der Waals surface area contributed by atoms with Gasteiger partial charge in [0.25, 0.3) is 5.91 Å². The number of hydrogen-bond acceptors (Lipinski definition) is 6. The average Bonchev–Trinajstić information content (AvgIpc) is 3.33. The molecule has 0 spiro atoms. The Kier molecular flexibility index (Phi) is 7.39. The van der Waals surface area contributed by atoms with Crippen molar-refractivity contribution in [1.29, 1.82) is 0 Å². The molecule has 2 aliphatic heterocycles. The molecule has 2 amide bonds. The number of carbonyl (C=O) groups is 2. The molecule has 8 heteroatoms. The van der Waals surface area contributed by atoms with Crippen LogP contribution in [0.1, 0.15) is 29.6 Å². The third-order valence-electron chi connectivity index (χ3n) is 6.89. The maximum Gasteiger partial charge on any atom is 0.253 e. The third-order valence-corrected chi connectivity index (χ3v) is 6.89. The van der Waals surface area contributed by atoms with E-state index in [4.69, 9.17) is 9.15 Å². The molecule has 0 atom stereocenters. The Balaban J connectivity index is 1.10. The average molecular weight is 477 g/mol. The number of morpholine rings is 1. The fourth-order valence-corrected chi connectivity index (χ4v) is 4.80. The number of fused-ring (bicyclic) bond motifs is 1.